The highest BCUT2D eigenvalue weighted by Gasteiger charge is 2.20. The zero-order valence-electron chi connectivity index (χ0n) is 12.6. The Morgan fingerprint density at radius 3 is 2.70 bits per heavy atom. The maximum Gasteiger partial charge on any atom is 0.157 e. The van der Waals surface area contributed by atoms with Gasteiger partial charge >= 0.3 is 0 Å². The number of hydrogen-bond donors (Lipinski definition) is 0. The quantitative estimate of drug-likeness (QED) is 0.760. The fourth-order valence-electron chi connectivity index (χ4n) is 2.26. The lowest BCUT2D eigenvalue weighted by Gasteiger charge is -2.28. The van der Waals surface area contributed by atoms with Crippen LogP contribution in [0.15, 0.2) is 30.3 Å². The van der Waals surface area contributed by atoms with Crippen molar-refractivity contribution in [3.63, 3.8) is 0 Å². The molecule has 3 heteroatoms. The zero-order valence-corrected chi connectivity index (χ0v) is 12.6. The van der Waals surface area contributed by atoms with Crippen molar-refractivity contribution in [2.24, 2.45) is 5.92 Å². The normalized spacial score (nSPS) is 22.4. The van der Waals surface area contributed by atoms with Gasteiger partial charge in [-0.05, 0) is 31.7 Å². The molecule has 0 radical (unpaired) electrons. The molecule has 1 aliphatic heterocycles. The van der Waals surface area contributed by atoms with E-state index in [0.717, 1.165) is 19.4 Å². The molecular formula is C17H26O3. The van der Waals surface area contributed by atoms with Crippen molar-refractivity contribution in [2.45, 2.75) is 52.1 Å². The van der Waals surface area contributed by atoms with Gasteiger partial charge in [0.2, 0.25) is 0 Å². The Balaban J connectivity index is 1.64. The molecule has 0 bridgehead atoms. The number of benzene rings is 1. The maximum atomic E-state index is 5.95. The van der Waals surface area contributed by atoms with Crippen LogP contribution in [0.3, 0.4) is 0 Å². The predicted octanol–water partition coefficient (Wildman–Crippen LogP) is 3.77. The van der Waals surface area contributed by atoms with Gasteiger partial charge in [0.1, 0.15) is 0 Å². The van der Waals surface area contributed by atoms with Gasteiger partial charge in [-0.3, -0.25) is 0 Å². The van der Waals surface area contributed by atoms with Gasteiger partial charge in [-0.25, -0.2) is 0 Å². The van der Waals surface area contributed by atoms with E-state index in [1.54, 1.807) is 0 Å². The summed E-state index contributed by atoms with van der Waals surface area (Å²) in [6.45, 7) is 6.48. The van der Waals surface area contributed by atoms with Crippen LogP contribution in [-0.4, -0.2) is 25.6 Å². The van der Waals surface area contributed by atoms with Crippen LogP contribution in [0.1, 0.15) is 38.7 Å². The van der Waals surface area contributed by atoms with E-state index in [4.69, 9.17) is 14.2 Å². The van der Waals surface area contributed by atoms with E-state index in [1.807, 2.05) is 18.2 Å². The van der Waals surface area contributed by atoms with Gasteiger partial charge in [-0.2, -0.15) is 0 Å². The fraction of sp³-hybridized carbons (Fsp3) is 0.647. The lowest BCUT2D eigenvalue weighted by Crippen LogP contribution is -2.31. The van der Waals surface area contributed by atoms with Crippen molar-refractivity contribution in [3.8, 4) is 0 Å². The van der Waals surface area contributed by atoms with Gasteiger partial charge in [0.05, 0.1) is 19.3 Å². The Morgan fingerprint density at radius 2 is 2.00 bits per heavy atom. The third-order valence-electron chi connectivity index (χ3n) is 3.80. The summed E-state index contributed by atoms with van der Waals surface area (Å²) in [6, 6.07) is 10.3. The van der Waals surface area contributed by atoms with E-state index >= 15 is 0 Å². The summed E-state index contributed by atoms with van der Waals surface area (Å²) >= 11 is 0. The molecular weight excluding hydrogens is 252 g/mol. The van der Waals surface area contributed by atoms with Gasteiger partial charge in [-0.15, -0.1) is 0 Å². The lowest BCUT2D eigenvalue weighted by atomic mass is 10.1. The highest BCUT2D eigenvalue weighted by molar-refractivity contribution is 5.13. The first-order chi connectivity index (χ1) is 9.75. The van der Waals surface area contributed by atoms with Crippen LogP contribution in [0.2, 0.25) is 0 Å². The van der Waals surface area contributed by atoms with Crippen LogP contribution in [0.25, 0.3) is 0 Å². The van der Waals surface area contributed by atoms with Crippen LogP contribution in [0, 0.1) is 5.92 Å². The van der Waals surface area contributed by atoms with E-state index in [9.17, 15) is 0 Å². The van der Waals surface area contributed by atoms with Gasteiger partial charge in [0, 0.05) is 12.5 Å². The molecule has 1 aromatic carbocycles. The number of rotatable bonds is 7. The summed E-state index contributed by atoms with van der Waals surface area (Å²) in [5.74, 6) is 0.365. The topological polar surface area (TPSA) is 27.7 Å². The maximum absolute atomic E-state index is 5.95. The number of ether oxygens (including phenoxy) is 3. The molecule has 1 heterocycles. The largest absolute Gasteiger partial charge is 0.376 e. The molecule has 3 atom stereocenters. The second-order valence-corrected chi connectivity index (χ2v) is 5.62. The average Bonchev–Trinajstić information content (AvgIpc) is 2.49. The average molecular weight is 278 g/mol. The van der Waals surface area contributed by atoms with Crippen LogP contribution >= 0.6 is 0 Å². The summed E-state index contributed by atoms with van der Waals surface area (Å²) in [7, 11) is 0. The standard InChI is InChI=1S/C17H26O3/c1-14(12-18-13-16-8-4-3-5-9-16)15(2)20-17-10-6-7-11-19-17/h3-5,8-9,14-15,17H,6-7,10-13H2,1-2H3/t14-,15+,17?/m1/s1. The first kappa shape index (κ1) is 15.5. The third-order valence-corrected chi connectivity index (χ3v) is 3.80. The first-order valence-corrected chi connectivity index (χ1v) is 7.64. The van der Waals surface area contributed by atoms with Crippen LogP contribution < -0.4 is 0 Å². The molecule has 0 saturated carbocycles. The third kappa shape index (κ3) is 5.23. The molecule has 2 rings (SSSR count). The van der Waals surface area contributed by atoms with E-state index in [1.165, 1.54) is 12.0 Å². The molecule has 112 valence electrons. The van der Waals surface area contributed by atoms with Gasteiger partial charge in [-0.1, -0.05) is 37.3 Å². The highest BCUT2D eigenvalue weighted by Crippen LogP contribution is 2.18. The first-order valence-electron chi connectivity index (χ1n) is 7.64. The predicted molar refractivity (Wildman–Crippen MR) is 79.4 cm³/mol. The molecule has 1 saturated heterocycles. The van der Waals surface area contributed by atoms with Crippen molar-refractivity contribution in [3.05, 3.63) is 35.9 Å². The highest BCUT2D eigenvalue weighted by atomic mass is 16.7. The van der Waals surface area contributed by atoms with E-state index < -0.39 is 0 Å². The Labute approximate surface area is 122 Å². The summed E-state index contributed by atoms with van der Waals surface area (Å²) in [5.41, 5.74) is 1.21. The Hall–Kier alpha value is -0.900. The smallest absolute Gasteiger partial charge is 0.157 e. The van der Waals surface area contributed by atoms with Crippen LogP contribution in [0.5, 0.6) is 0 Å². The van der Waals surface area contributed by atoms with E-state index in [-0.39, 0.29) is 12.4 Å². The minimum atomic E-state index is -0.0182. The molecule has 0 N–H and O–H groups in total. The molecule has 1 fully saturated rings. The Kier molecular flexibility index (Phi) is 6.51. The van der Waals surface area contributed by atoms with Gasteiger partial charge in [0.25, 0.3) is 0 Å². The molecule has 3 nitrogen and oxygen atoms in total. The van der Waals surface area contributed by atoms with Gasteiger partial charge < -0.3 is 14.2 Å². The van der Waals surface area contributed by atoms with Gasteiger partial charge in [0.15, 0.2) is 6.29 Å². The minimum absolute atomic E-state index is 0.0182. The summed E-state index contributed by atoms with van der Waals surface area (Å²) < 4.78 is 17.3. The molecule has 1 aromatic rings. The molecule has 0 spiro atoms. The molecule has 1 aliphatic rings. The van der Waals surface area contributed by atoms with Crippen molar-refractivity contribution < 1.29 is 14.2 Å². The summed E-state index contributed by atoms with van der Waals surface area (Å²) in [5, 5.41) is 0. The minimum Gasteiger partial charge on any atom is -0.376 e. The zero-order chi connectivity index (χ0) is 14.2. The molecule has 0 aliphatic carbocycles. The molecule has 0 aromatic heterocycles. The van der Waals surface area contributed by atoms with E-state index in [0.29, 0.717) is 19.1 Å². The van der Waals surface area contributed by atoms with Crippen molar-refractivity contribution in [1.29, 1.82) is 0 Å². The van der Waals surface area contributed by atoms with Crippen molar-refractivity contribution >= 4 is 0 Å². The SMILES string of the molecule is C[C@H](COCc1ccccc1)[C@H](C)OC1CCCCO1. The van der Waals surface area contributed by atoms with Crippen molar-refractivity contribution in [2.75, 3.05) is 13.2 Å². The fourth-order valence-corrected chi connectivity index (χ4v) is 2.26. The Bertz CT molecular complexity index is 360. The number of hydrogen-bond acceptors (Lipinski definition) is 3. The van der Waals surface area contributed by atoms with Crippen LogP contribution in [0.4, 0.5) is 0 Å². The molecule has 1 unspecified atom stereocenters. The second-order valence-electron chi connectivity index (χ2n) is 5.62. The monoisotopic (exact) mass is 278 g/mol. The summed E-state index contributed by atoms with van der Waals surface area (Å²) in [4.78, 5) is 0. The van der Waals surface area contributed by atoms with Crippen molar-refractivity contribution in [1.82, 2.24) is 0 Å². The van der Waals surface area contributed by atoms with E-state index in [2.05, 4.69) is 26.0 Å². The second kappa shape index (κ2) is 8.40. The summed E-state index contributed by atoms with van der Waals surface area (Å²) in [6.07, 6.45) is 3.52. The Morgan fingerprint density at radius 1 is 1.20 bits per heavy atom. The molecule has 0 amide bonds. The molecule has 20 heavy (non-hydrogen) atoms. The van der Waals surface area contributed by atoms with Crippen LogP contribution in [-0.2, 0) is 20.8 Å². The lowest BCUT2D eigenvalue weighted by molar-refractivity contribution is -0.196.